The Labute approximate surface area is 338 Å². The van der Waals surface area contributed by atoms with Crippen molar-refractivity contribution in [3.63, 3.8) is 0 Å². The number of rotatable bonds is 5. The first kappa shape index (κ1) is 35.2. The van der Waals surface area contributed by atoms with Crippen LogP contribution in [0.1, 0.15) is 76.3 Å². The lowest BCUT2D eigenvalue weighted by Crippen LogP contribution is -2.16. The Bertz CT molecular complexity index is 2880. The van der Waals surface area contributed by atoms with E-state index in [-0.39, 0.29) is 16.2 Å². The standard InChI is InChI=1S/C56H49N/c1-54(2,3)40-25-27-41(28-26-40)57(42-29-31-50-47(35-42)45-20-11-13-22-49(45)55(50,4)5)52-32-24-36-15-8-9-18-43(36)53(52)39-17-14-16-37(33-39)38-23-30-46-44-19-10-12-21-48(44)56(6,7)51(46)34-38/h8-35H,1-7H3. The van der Waals surface area contributed by atoms with E-state index in [1.165, 1.54) is 83.1 Å². The summed E-state index contributed by atoms with van der Waals surface area (Å²) in [6, 6.07) is 64.0. The fourth-order valence-electron chi connectivity index (χ4n) is 9.87. The molecule has 8 aromatic rings. The van der Waals surface area contributed by atoms with Crippen molar-refractivity contribution >= 4 is 27.8 Å². The van der Waals surface area contributed by atoms with Crippen molar-refractivity contribution in [3.05, 3.63) is 198 Å². The van der Waals surface area contributed by atoms with Crippen molar-refractivity contribution in [1.29, 1.82) is 0 Å². The molecule has 10 rings (SSSR count). The molecule has 0 unspecified atom stereocenters. The smallest absolute Gasteiger partial charge is 0.0546 e. The highest BCUT2D eigenvalue weighted by atomic mass is 15.1. The van der Waals surface area contributed by atoms with Crippen molar-refractivity contribution in [1.82, 2.24) is 0 Å². The van der Waals surface area contributed by atoms with Crippen LogP contribution in [0, 0.1) is 0 Å². The van der Waals surface area contributed by atoms with Crippen molar-refractivity contribution in [2.24, 2.45) is 0 Å². The third-order valence-corrected chi connectivity index (χ3v) is 13.0. The average Bonchev–Trinajstić information content (AvgIpc) is 3.59. The van der Waals surface area contributed by atoms with Gasteiger partial charge >= 0.3 is 0 Å². The Morgan fingerprint density at radius 3 is 1.72 bits per heavy atom. The van der Waals surface area contributed by atoms with Crippen LogP contribution in [0.15, 0.2) is 170 Å². The highest BCUT2D eigenvalue weighted by Crippen LogP contribution is 2.53. The van der Waals surface area contributed by atoms with Crippen molar-refractivity contribution < 1.29 is 0 Å². The molecule has 57 heavy (non-hydrogen) atoms. The van der Waals surface area contributed by atoms with Gasteiger partial charge in [-0.1, -0.05) is 176 Å². The molecule has 0 bridgehead atoms. The number of hydrogen-bond acceptors (Lipinski definition) is 1. The molecule has 1 heteroatoms. The van der Waals surface area contributed by atoms with E-state index in [0.29, 0.717) is 0 Å². The number of nitrogens with zero attached hydrogens (tertiary/aromatic N) is 1. The SMILES string of the molecule is CC(C)(C)c1ccc(N(c2ccc3c(c2)-c2ccccc2C3(C)C)c2ccc3ccccc3c2-c2cccc(-c3ccc4c(c3)C(C)(C)c3ccccc3-4)c2)cc1. The van der Waals surface area contributed by atoms with Gasteiger partial charge in [0.2, 0.25) is 0 Å². The predicted molar refractivity (Wildman–Crippen MR) is 243 cm³/mol. The highest BCUT2D eigenvalue weighted by molar-refractivity contribution is 6.06. The zero-order chi connectivity index (χ0) is 39.3. The van der Waals surface area contributed by atoms with Gasteiger partial charge < -0.3 is 4.90 Å². The molecule has 0 radical (unpaired) electrons. The third kappa shape index (κ3) is 5.51. The quantitative estimate of drug-likeness (QED) is 0.170. The second-order valence-corrected chi connectivity index (χ2v) is 18.2. The molecule has 0 saturated carbocycles. The molecule has 0 saturated heterocycles. The summed E-state index contributed by atoms with van der Waals surface area (Å²) in [6.45, 7) is 16.3. The lowest BCUT2D eigenvalue weighted by atomic mass is 9.81. The second kappa shape index (κ2) is 12.7. The van der Waals surface area contributed by atoms with E-state index in [2.05, 4.69) is 223 Å². The van der Waals surface area contributed by atoms with Gasteiger partial charge in [0.05, 0.1) is 5.69 Å². The van der Waals surface area contributed by atoms with E-state index in [1.54, 1.807) is 0 Å². The maximum atomic E-state index is 2.49. The van der Waals surface area contributed by atoms with Gasteiger partial charge in [-0.25, -0.2) is 0 Å². The molecule has 0 aromatic heterocycles. The van der Waals surface area contributed by atoms with Crippen molar-refractivity contribution in [2.75, 3.05) is 4.90 Å². The summed E-state index contributed by atoms with van der Waals surface area (Å²) in [5.74, 6) is 0. The third-order valence-electron chi connectivity index (χ3n) is 13.0. The largest absolute Gasteiger partial charge is 0.310 e. The Morgan fingerprint density at radius 2 is 0.982 bits per heavy atom. The van der Waals surface area contributed by atoms with Gasteiger partial charge in [-0.2, -0.15) is 0 Å². The zero-order valence-corrected chi connectivity index (χ0v) is 34.1. The molecule has 0 spiro atoms. The topological polar surface area (TPSA) is 3.24 Å². The molecular formula is C56H49N. The van der Waals surface area contributed by atoms with E-state index in [9.17, 15) is 0 Å². The maximum absolute atomic E-state index is 2.49. The fraction of sp³-hybridized carbons (Fsp3) is 0.179. The second-order valence-electron chi connectivity index (χ2n) is 18.2. The average molecular weight is 736 g/mol. The molecule has 2 aliphatic carbocycles. The van der Waals surface area contributed by atoms with Crippen molar-refractivity contribution in [3.8, 4) is 44.5 Å². The zero-order valence-electron chi connectivity index (χ0n) is 34.1. The summed E-state index contributed by atoms with van der Waals surface area (Å²) in [4.78, 5) is 2.49. The molecule has 0 aliphatic heterocycles. The van der Waals surface area contributed by atoms with Crippen LogP contribution < -0.4 is 4.90 Å². The summed E-state index contributed by atoms with van der Waals surface area (Å²) in [5.41, 5.74) is 20.5. The summed E-state index contributed by atoms with van der Waals surface area (Å²) >= 11 is 0. The summed E-state index contributed by atoms with van der Waals surface area (Å²) in [7, 11) is 0. The van der Waals surface area contributed by atoms with E-state index in [0.717, 1.165) is 17.1 Å². The van der Waals surface area contributed by atoms with Crippen LogP contribution in [0.2, 0.25) is 0 Å². The predicted octanol–water partition coefficient (Wildman–Crippen LogP) is 15.6. The van der Waals surface area contributed by atoms with Gasteiger partial charge in [-0.15, -0.1) is 0 Å². The molecule has 0 fully saturated rings. The Morgan fingerprint density at radius 1 is 0.404 bits per heavy atom. The molecule has 0 N–H and O–H groups in total. The first-order valence-electron chi connectivity index (χ1n) is 20.4. The molecule has 1 nitrogen and oxygen atoms in total. The summed E-state index contributed by atoms with van der Waals surface area (Å²) in [5, 5.41) is 2.47. The maximum Gasteiger partial charge on any atom is 0.0546 e. The lowest BCUT2D eigenvalue weighted by Gasteiger charge is -2.30. The Balaban J connectivity index is 1.18. The fourth-order valence-corrected chi connectivity index (χ4v) is 9.87. The van der Waals surface area contributed by atoms with Crippen LogP contribution >= 0.6 is 0 Å². The first-order chi connectivity index (χ1) is 27.4. The first-order valence-corrected chi connectivity index (χ1v) is 20.4. The van der Waals surface area contributed by atoms with Gasteiger partial charge in [0.25, 0.3) is 0 Å². The van der Waals surface area contributed by atoms with Crippen LogP contribution in [0.3, 0.4) is 0 Å². The Hall–Kier alpha value is -6.18. The summed E-state index contributed by atoms with van der Waals surface area (Å²) in [6.07, 6.45) is 0. The van der Waals surface area contributed by atoms with Crippen LogP contribution in [0.25, 0.3) is 55.3 Å². The molecule has 8 aromatic carbocycles. The Kier molecular flexibility index (Phi) is 7.83. The molecular weight excluding hydrogens is 687 g/mol. The minimum atomic E-state index is -0.0618. The highest BCUT2D eigenvalue weighted by Gasteiger charge is 2.37. The van der Waals surface area contributed by atoms with Gasteiger partial charge in [-0.05, 0) is 125 Å². The summed E-state index contributed by atoms with van der Waals surface area (Å²) < 4.78 is 0. The number of hydrogen-bond donors (Lipinski definition) is 0. The lowest BCUT2D eigenvalue weighted by molar-refractivity contribution is 0.590. The minimum absolute atomic E-state index is 0.0519. The van der Waals surface area contributed by atoms with Gasteiger partial charge in [0.1, 0.15) is 0 Å². The van der Waals surface area contributed by atoms with E-state index >= 15 is 0 Å². The molecule has 0 atom stereocenters. The minimum Gasteiger partial charge on any atom is -0.310 e. The van der Waals surface area contributed by atoms with Crippen molar-refractivity contribution in [2.45, 2.75) is 64.7 Å². The molecule has 278 valence electrons. The van der Waals surface area contributed by atoms with Crippen LogP contribution in [-0.2, 0) is 16.2 Å². The van der Waals surface area contributed by atoms with E-state index in [4.69, 9.17) is 0 Å². The van der Waals surface area contributed by atoms with Crippen LogP contribution in [0.4, 0.5) is 17.1 Å². The monoisotopic (exact) mass is 735 g/mol. The van der Waals surface area contributed by atoms with E-state index < -0.39 is 0 Å². The van der Waals surface area contributed by atoms with Crippen LogP contribution in [0.5, 0.6) is 0 Å². The van der Waals surface area contributed by atoms with Gasteiger partial charge in [0, 0.05) is 27.8 Å². The molecule has 2 aliphatic rings. The van der Waals surface area contributed by atoms with Crippen LogP contribution in [-0.4, -0.2) is 0 Å². The molecule has 0 heterocycles. The van der Waals surface area contributed by atoms with E-state index in [1.807, 2.05) is 0 Å². The number of fused-ring (bicyclic) bond motifs is 7. The van der Waals surface area contributed by atoms with Gasteiger partial charge in [-0.3, -0.25) is 0 Å². The molecule has 0 amide bonds. The number of benzene rings is 8. The van der Waals surface area contributed by atoms with Gasteiger partial charge in [0.15, 0.2) is 0 Å². The number of anilines is 3. The normalized spacial score (nSPS) is 14.5.